The number of nitrogens with one attached hydrogen (secondary N) is 1. The maximum Gasteiger partial charge on any atom is 0.245 e. The lowest BCUT2D eigenvalue weighted by atomic mass is 10.1. The summed E-state index contributed by atoms with van der Waals surface area (Å²) in [6.07, 6.45) is 1.12. The van der Waals surface area contributed by atoms with E-state index in [4.69, 9.17) is 9.26 Å². The summed E-state index contributed by atoms with van der Waals surface area (Å²) >= 11 is 0. The highest BCUT2D eigenvalue weighted by Crippen LogP contribution is 2.09. The number of aryl methyl sites for hydroxylation is 1. The van der Waals surface area contributed by atoms with Crippen LogP contribution in [0.2, 0.25) is 0 Å². The zero-order valence-electron chi connectivity index (χ0n) is 14.4. The number of ether oxygens (including phenoxy) is 1. The molecule has 0 unspecified atom stereocenters. The molecule has 0 fully saturated rings. The van der Waals surface area contributed by atoms with Gasteiger partial charge in [0.15, 0.2) is 5.82 Å². The monoisotopic (exact) mass is 325 g/mol. The fourth-order valence-corrected chi connectivity index (χ4v) is 2.05. The van der Waals surface area contributed by atoms with E-state index in [2.05, 4.69) is 10.5 Å². The first-order valence-corrected chi connectivity index (χ1v) is 8.01. The first-order chi connectivity index (χ1) is 10.9. The average Bonchev–Trinajstić information content (AvgIpc) is 2.86. The van der Waals surface area contributed by atoms with Crippen molar-refractivity contribution in [2.75, 3.05) is 31.6 Å². The van der Waals surface area contributed by atoms with Crippen molar-refractivity contribution in [3.63, 3.8) is 0 Å². The molecule has 2 amide bonds. The maximum absolute atomic E-state index is 12.3. The van der Waals surface area contributed by atoms with Crippen LogP contribution >= 0.6 is 0 Å². The number of hydrogen-bond acceptors (Lipinski definition) is 5. The molecule has 1 aromatic heterocycles. The second-order valence-corrected chi connectivity index (χ2v) is 5.83. The highest BCUT2D eigenvalue weighted by molar-refractivity contribution is 5.93. The van der Waals surface area contributed by atoms with Crippen LogP contribution in [0.3, 0.4) is 0 Å². The molecule has 7 heteroatoms. The first-order valence-electron chi connectivity index (χ1n) is 8.01. The minimum atomic E-state index is -0.285. The highest BCUT2D eigenvalue weighted by Gasteiger charge is 2.18. The number of carbonyl (C=O) groups is 2. The standard InChI is InChI=1S/C16H27N3O4/c1-5-22-8-6-7-19(16(21)9-12(2)3)11-15(20)17-14-10-13(4)23-18-14/h10,12H,5-9,11H2,1-4H3,(H,17,18,20). The smallest absolute Gasteiger partial charge is 0.245 e. The van der Waals surface area contributed by atoms with Crippen molar-refractivity contribution in [1.29, 1.82) is 0 Å². The highest BCUT2D eigenvalue weighted by atomic mass is 16.5. The Morgan fingerprint density at radius 1 is 1.43 bits per heavy atom. The first kappa shape index (κ1) is 19.2. The normalized spacial score (nSPS) is 10.8. The summed E-state index contributed by atoms with van der Waals surface area (Å²) < 4.78 is 10.2. The van der Waals surface area contributed by atoms with E-state index in [0.717, 1.165) is 0 Å². The van der Waals surface area contributed by atoms with Gasteiger partial charge in [0.1, 0.15) is 5.76 Å². The fourth-order valence-electron chi connectivity index (χ4n) is 2.05. The molecule has 0 radical (unpaired) electrons. The van der Waals surface area contributed by atoms with E-state index in [1.165, 1.54) is 0 Å². The topological polar surface area (TPSA) is 84.7 Å². The minimum absolute atomic E-state index is 0.00356. The molecule has 1 heterocycles. The number of hydrogen-bond donors (Lipinski definition) is 1. The molecule has 0 aliphatic rings. The zero-order valence-corrected chi connectivity index (χ0v) is 14.4. The summed E-state index contributed by atoms with van der Waals surface area (Å²) in [6.45, 7) is 9.35. The van der Waals surface area contributed by atoms with Gasteiger partial charge in [-0.05, 0) is 26.2 Å². The van der Waals surface area contributed by atoms with E-state index in [1.54, 1.807) is 17.9 Å². The lowest BCUT2D eigenvalue weighted by Gasteiger charge is -2.23. The van der Waals surface area contributed by atoms with Crippen LogP contribution in [0.5, 0.6) is 0 Å². The Kier molecular flexibility index (Phi) is 8.32. The zero-order chi connectivity index (χ0) is 17.2. The molecule has 0 aromatic carbocycles. The predicted octanol–water partition coefficient (Wildman–Crippen LogP) is 2.22. The molecule has 0 spiro atoms. The summed E-state index contributed by atoms with van der Waals surface area (Å²) in [7, 11) is 0. The molecular formula is C16H27N3O4. The Balaban J connectivity index is 2.55. The van der Waals surface area contributed by atoms with Crippen molar-refractivity contribution in [3.8, 4) is 0 Å². The van der Waals surface area contributed by atoms with Crippen LogP contribution in [-0.4, -0.2) is 48.2 Å². The average molecular weight is 325 g/mol. The van der Waals surface area contributed by atoms with Gasteiger partial charge in [-0.3, -0.25) is 9.59 Å². The summed E-state index contributed by atoms with van der Waals surface area (Å²) in [4.78, 5) is 25.9. The predicted molar refractivity (Wildman–Crippen MR) is 87.0 cm³/mol. The molecule has 0 atom stereocenters. The molecule has 23 heavy (non-hydrogen) atoms. The van der Waals surface area contributed by atoms with Crippen molar-refractivity contribution in [2.24, 2.45) is 5.92 Å². The lowest BCUT2D eigenvalue weighted by Crippen LogP contribution is -2.39. The van der Waals surface area contributed by atoms with Gasteiger partial charge in [-0.15, -0.1) is 0 Å². The number of amides is 2. The van der Waals surface area contributed by atoms with Gasteiger partial charge in [0.25, 0.3) is 0 Å². The van der Waals surface area contributed by atoms with Crippen molar-refractivity contribution in [2.45, 2.75) is 40.5 Å². The van der Waals surface area contributed by atoms with E-state index in [9.17, 15) is 9.59 Å². The van der Waals surface area contributed by atoms with E-state index >= 15 is 0 Å². The molecule has 130 valence electrons. The van der Waals surface area contributed by atoms with Crippen LogP contribution < -0.4 is 5.32 Å². The fraction of sp³-hybridized carbons (Fsp3) is 0.688. The van der Waals surface area contributed by atoms with E-state index in [-0.39, 0.29) is 24.3 Å². The van der Waals surface area contributed by atoms with Crippen molar-refractivity contribution >= 4 is 17.6 Å². The number of aromatic nitrogens is 1. The maximum atomic E-state index is 12.3. The molecule has 1 aromatic rings. The molecule has 0 aliphatic carbocycles. The molecule has 1 N–H and O–H groups in total. The van der Waals surface area contributed by atoms with Gasteiger partial charge in [-0.25, -0.2) is 0 Å². The van der Waals surface area contributed by atoms with Gasteiger partial charge < -0.3 is 19.5 Å². The van der Waals surface area contributed by atoms with Crippen LogP contribution in [0.25, 0.3) is 0 Å². The molecule has 0 aliphatic heterocycles. The summed E-state index contributed by atoms with van der Waals surface area (Å²) in [5, 5.41) is 6.35. The number of nitrogens with zero attached hydrogens (tertiary/aromatic N) is 2. The second kappa shape index (κ2) is 9.99. The van der Waals surface area contributed by atoms with Gasteiger partial charge in [0, 0.05) is 32.2 Å². The summed E-state index contributed by atoms with van der Waals surface area (Å²) in [5.41, 5.74) is 0. The molecule has 7 nitrogen and oxygen atoms in total. The Bertz CT molecular complexity index is 499. The van der Waals surface area contributed by atoms with Gasteiger partial charge in [-0.2, -0.15) is 0 Å². The number of anilines is 1. The number of rotatable bonds is 10. The van der Waals surface area contributed by atoms with Gasteiger partial charge in [0.2, 0.25) is 11.8 Å². The third-order valence-corrected chi connectivity index (χ3v) is 3.09. The third kappa shape index (κ3) is 7.78. The summed E-state index contributed by atoms with van der Waals surface area (Å²) in [6, 6.07) is 1.63. The van der Waals surface area contributed by atoms with Gasteiger partial charge >= 0.3 is 0 Å². The van der Waals surface area contributed by atoms with Crippen LogP contribution in [0.1, 0.15) is 39.4 Å². The Morgan fingerprint density at radius 3 is 2.74 bits per heavy atom. The molecule has 1 rings (SSSR count). The second-order valence-electron chi connectivity index (χ2n) is 5.83. The van der Waals surface area contributed by atoms with Crippen LogP contribution in [0.4, 0.5) is 5.82 Å². The van der Waals surface area contributed by atoms with Gasteiger partial charge in [-0.1, -0.05) is 19.0 Å². The number of carbonyl (C=O) groups excluding carboxylic acids is 2. The Labute approximate surface area is 137 Å². The minimum Gasteiger partial charge on any atom is -0.382 e. The van der Waals surface area contributed by atoms with Crippen LogP contribution in [-0.2, 0) is 14.3 Å². The molecule has 0 saturated heterocycles. The van der Waals surface area contributed by atoms with Crippen LogP contribution in [0.15, 0.2) is 10.6 Å². The van der Waals surface area contributed by atoms with E-state index < -0.39 is 0 Å². The molecule has 0 bridgehead atoms. The van der Waals surface area contributed by atoms with Gasteiger partial charge in [0.05, 0.1) is 6.54 Å². The van der Waals surface area contributed by atoms with E-state index in [1.807, 2.05) is 20.8 Å². The SMILES string of the molecule is CCOCCCN(CC(=O)Nc1cc(C)on1)C(=O)CC(C)C. The third-order valence-electron chi connectivity index (χ3n) is 3.09. The molecule has 0 saturated carbocycles. The Hall–Kier alpha value is -1.89. The summed E-state index contributed by atoms with van der Waals surface area (Å²) in [5.74, 6) is 0.913. The molecular weight excluding hydrogens is 298 g/mol. The Morgan fingerprint density at radius 2 is 2.17 bits per heavy atom. The van der Waals surface area contributed by atoms with Crippen molar-refractivity contribution < 1.29 is 18.8 Å². The lowest BCUT2D eigenvalue weighted by molar-refractivity contribution is -0.135. The van der Waals surface area contributed by atoms with Crippen LogP contribution in [0, 0.1) is 12.8 Å². The largest absolute Gasteiger partial charge is 0.382 e. The van der Waals surface area contributed by atoms with Crippen molar-refractivity contribution in [3.05, 3.63) is 11.8 Å². The quantitative estimate of drug-likeness (QED) is 0.667. The van der Waals surface area contributed by atoms with Crippen molar-refractivity contribution in [1.82, 2.24) is 10.1 Å². The van der Waals surface area contributed by atoms with E-state index in [0.29, 0.717) is 44.2 Å².